The fourth-order valence-corrected chi connectivity index (χ4v) is 7.55. The van der Waals surface area contributed by atoms with E-state index in [0.717, 1.165) is 23.2 Å². The average Bonchev–Trinajstić information content (AvgIpc) is 3.18. The molecule has 9 rings (SSSR count). The Labute approximate surface area is 292 Å². The summed E-state index contributed by atoms with van der Waals surface area (Å²) in [6.45, 7) is 0. The summed E-state index contributed by atoms with van der Waals surface area (Å²) in [6.07, 6.45) is 2.69. The SMILES string of the molecule is NC(N/C(=C\Cc1ccc2c(ccc3ccccc32)c1)c1cccc(-c2c3ccccc3cc3c2ccc2ccccc23)c1)c1ccccc1. The Morgan fingerprint density at radius 1 is 0.480 bits per heavy atom. The molecule has 1 atom stereocenters. The molecule has 2 nitrogen and oxygen atoms in total. The number of nitrogens with two attached hydrogens (primary N) is 1. The number of benzene rings is 9. The largest absolute Gasteiger partial charge is 0.366 e. The molecule has 0 aliphatic heterocycles. The predicted molar refractivity (Wildman–Crippen MR) is 214 cm³/mol. The van der Waals surface area contributed by atoms with Crippen LogP contribution >= 0.6 is 0 Å². The smallest absolute Gasteiger partial charge is 0.101 e. The van der Waals surface area contributed by atoms with Crippen LogP contribution in [0.2, 0.25) is 0 Å². The van der Waals surface area contributed by atoms with Crippen LogP contribution in [0.4, 0.5) is 0 Å². The van der Waals surface area contributed by atoms with Gasteiger partial charge in [0.25, 0.3) is 0 Å². The van der Waals surface area contributed by atoms with E-state index in [-0.39, 0.29) is 6.17 Å². The van der Waals surface area contributed by atoms with Gasteiger partial charge >= 0.3 is 0 Å². The lowest BCUT2D eigenvalue weighted by atomic mass is 9.89. The number of hydrogen-bond acceptors (Lipinski definition) is 2. The maximum absolute atomic E-state index is 6.83. The zero-order valence-electron chi connectivity index (χ0n) is 27.7. The van der Waals surface area contributed by atoms with Crippen molar-refractivity contribution in [3.05, 3.63) is 199 Å². The minimum absolute atomic E-state index is 0.362. The van der Waals surface area contributed by atoms with Gasteiger partial charge < -0.3 is 11.1 Å². The quantitative estimate of drug-likeness (QED) is 0.103. The lowest BCUT2D eigenvalue weighted by molar-refractivity contribution is 0.666. The predicted octanol–water partition coefficient (Wildman–Crippen LogP) is 12.0. The lowest BCUT2D eigenvalue weighted by Gasteiger charge is -2.20. The number of allylic oxidation sites excluding steroid dienone is 1. The molecule has 0 spiro atoms. The van der Waals surface area contributed by atoms with Crippen molar-refractivity contribution in [1.82, 2.24) is 5.32 Å². The highest BCUT2D eigenvalue weighted by molar-refractivity contribution is 6.20. The first kappa shape index (κ1) is 29.9. The van der Waals surface area contributed by atoms with Crippen LogP contribution in [0, 0.1) is 0 Å². The molecule has 0 aliphatic carbocycles. The van der Waals surface area contributed by atoms with E-state index < -0.39 is 0 Å². The molecule has 0 saturated heterocycles. The van der Waals surface area contributed by atoms with Crippen molar-refractivity contribution in [2.45, 2.75) is 12.6 Å². The van der Waals surface area contributed by atoms with E-state index in [1.54, 1.807) is 0 Å². The number of hydrogen-bond donors (Lipinski definition) is 2. The second kappa shape index (κ2) is 12.7. The molecule has 0 bridgehead atoms. The van der Waals surface area contributed by atoms with Gasteiger partial charge in [-0.2, -0.15) is 0 Å². The van der Waals surface area contributed by atoms with Crippen molar-refractivity contribution < 1.29 is 0 Å². The van der Waals surface area contributed by atoms with Gasteiger partial charge in [0.1, 0.15) is 6.17 Å². The summed E-state index contributed by atoms with van der Waals surface area (Å²) >= 11 is 0. The standard InChI is InChI=1S/C48H36N2/c49-48(35-13-2-1-3-14-35)50-46(28-22-32-21-26-42-37(29-32)24-23-33-11-4-7-18-40(33)42)38-16-10-17-39(30-38)47-43-20-9-6-15-36(43)31-45-41-19-8-5-12-34(41)25-27-44(45)47/h1-21,23-31,48,50H,22,49H2/b46-28-. The van der Waals surface area contributed by atoms with Gasteiger partial charge in [0.2, 0.25) is 0 Å². The molecule has 0 amide bonds. The molecule has 238 valence electrons. The summed E-state index contributed by atoms with van der Waals surface area (Å²) in [5, 5.41) is 16.3. The first-order chi connectivity index (χ1) is 24.7. The molecule has 1 unspecified atom stereocenters. The van der Waals surface area contributed by atoms with Crippen LogP contribution in [0.3, 0.4) is 0 Å². The van der Waals surface area contributed by atoms with Crippen LogP contribution in [-0.2, 0) is 6.42 Å². The first-order valence-corrected chi connectivity index (χ1v) is 17.3. The highest BCUT2D eigenvalue weighted by atomic mass is 15.0. The van der Waals surface area contributed by atoms with Crippen molar-refractivity contribution in [2.24, 2.45) is 5.73 Å². The fraction of sp³-hybridized carbons (Fsp3) is 0.0417. The molecular weight excluding hydrogens is 605 g/mol. The molecule has 0 fully saturated rings. The molecule has 0 saturated carbocycles. The molecule has 0 heterocycles. The summed E-state index contributed by atoms with van der Waals surface area (Å²) in [6, 6.07) is 63.3. The van der Waals surface area contributed by atoms with E-state index in [4.69, 9.17) is 5.73 Å². The molecule has 9 aromatic carbocycles. The molecule has 2 heteroatoms. The van der Waals surface area contributed by atoms with Gasteiger partial charge in [-0.25, -0.2) is 0 Å². The fourth-order valence-electron chi connectivity index (χ4n) is 7.55. The Kier molecular flexibility index (Phi) is 7.57. The molecule has 50 heavy (non-hydrogen) atoms. The van der Waals surface area contributed by atoms with Gasteiger partial charge in [0, 0.05) is 5.70 Å². The summed E-state index contributed by atoms with van der Waals surface area (Å²) in [5.74, 6) is 0. The van der Waals surface area contributed by atoms with Gasteiger partial charge in [-0.3, -0.25) is 0 Å². The molecule has 9 aromatic rings. The van der Waals surface area contributed by atoms with Crippen molar-refractivity contribution in [3.8, 4) is 11.1 Å². The van der Waals surface area contributed by atoms with E-state index in [1.165, 1.54) is 70.6 Å². The van der Waals surface area contributed by atoms with Crippen LogP contribution in [-0.4, -0.2) is 0 Å². The Morgan fingerprint density at radius 2 is 1.08 bits per heavy atom. The number of rotatable bonds is 7. The molecule has 3 N–H and O–H groups in total. The zero-order valence-corrected chi connectivity index (χ0v) is 27.7. The second-order valence-corrected chi connectivity index (χ2v) is 13.1. The summed E-state index contributed by atoms with van der Waals surface area (Å²) < 4.78 is 0. The third-order valence-corrected chi connectivity index (χ3v) is 10.1. The molecule has 0 radical (unpaired) electrons. The highest BCUT2D eigenvalue weighted by Gasteiger charge is 2.15. The zero-order chi connectivity index (χ0) is 33.4. The van der Waals surface area contributed by atoms with Crippen LogP contribution in [0.1, 0.15) is 22.9 Å². The van der Waals surface area contributed by atoms with Crippen LogP contribution in [0.25, 0.3) is 70.7 Å². The highest BCUT2D eigenvalue weighted by Crippen LogP contribution is 2.40. The van der Waals surface area contributed by atoms with E-state index in [9.17, 15) is 0 Å². The normalized spacial score (nSPS) is 12.6. The van der Waals surface area contributed by atoms with E-state index in [2.05, 4.69) is 169 Å². The van der Waals surface area contributed by atoms with Gasteiger partial charge in [-0.1, -0.05) is 170 Å². The Hall–Kier alpha value is -6.22. The van der Waals surface area contributed by atoms with Gasteiger partial charge in [-0.05, 0) is 100 Å². The van der Waals surface area contributed by atoms with E-state index in [1.807, 2.05) is 18.2 Å². The summed E-state index contributed by atoms with van der Waals surface area (Å²) in [7, 11) is 0. The van der Waals surface area contributed by atoms with Crippen LogP contribution in [0.5, 0.6) is 0 Å². The van der Waals surface area contributed by atoms with Gasteiger partial charge in [0.15, 0.2) is 0 Å². The maximum atomic E-state index is 6.83. The number of fused-ring (bicyclic) bond motifs is 7. The van der Waals surface area contributed by atoms with E-state index in [0.29, 0.717) is 0 Å². The Morgan fingerprint density at radius 3 is 1.88 bits per heavy atom. The van der Waals surface area contributed by atoms with Gasteiger partial charge in [-0.15, -0.1) is 0 Å². The topological polar surface area (TPSA) is 38.0 Å². The lowest BCUT2D eigenvalue weighted by Crippen LogP contribution is -2.27. The third kappa shape index (κ3) is 5.46. The average molecular weight is 641 g/mol. The molecule has 0 aliphatic rings. The van der Waals surface area contributed by atoms with Crippen LogP contribution in [0.15, 0.2) is 182 Å². The first-order valence-electron chi connectivity index (χ1n) is 17.3. The monoisotopic (exact) mass is 640 g/mol. The molecular formula is C48H36N2. The minimum atomic E-state index is -0.362. The van der Waals surface area contributed by atoms with Crippen molar-refractivity contribution in [1.29, 1.82) is 0 Å². The van der Waals surface area contributed by atoms with Crippen LogP contribution < -0.4 is 11.1 Å². The van der Waals surface area contributed by atoms with Crippen molar-refractivity contribution in [3.63, 3.8) is 0 Å². The Bertz CT molecular complexity index is 2720. The van der Waals surface area contributed by atoms with Crippen molar-refractivity contribution in [2.75, 3.05) is 0 Å². The maximum Gasteiger partial charge on any atom is 0.101 e. The minimum Gasteiger partial charge on any atom is -0.366 e. The second-order valence-electron chi connectivity index (χ2n) is 13.1. The Balaban J connectivity index is 1.17. The van der Waals surface area contributed by atoms with E-state index >= 15 is 0 Å². The summed E-state index contributed by atoms with van der Waals surface area (Å²) in [5.41, 5.74) is 13.7. The summed E-state index contributed by atoms with van der Waals surface area (Å²) in [4.78, 5) is 0. The van der Waals surface area contributed by atoms with Gasteiger partial charge in [0.05, 0.1) is 0 Å². The third-order valence-electron chi connectivity index (χ3n) is 10.1. The molecule has 0 aromatic heterocycles. The number of nitrogens with one attached hydrogen (secondary N) is 1. The van der Waals surface area contributed by atoms with Crippen molar-refractivity contribution >= 4 is 59.6 Å².